The van der Waals surface area contributed by atoms with Crippen LogP contribution in [-0.4, -0.2) is 22.1 Å². The van der Waals surface area contributed by atoms with Crippen LogP contribution in [0.3, 0.4) is 0 Å². The van der Waals surface area contributed by atoms with Gasteiger partial charge in [0.05, 0.1) is 33.4 Å². The van der Waals surface area contributed by atoms with Crippen molar-refractivity contribution >= 4 is 34.8 Å². The fourth-order valence-corrected chi connectivity index (χ4v) is 5.83. The highest BCUT2D eigenvalue weighted by atomic mass is 32.1. The number of non-ortho nitro benzene ring substituents is 1. The molecule has 1 aliphatic rings. The number of nitro groups is 1. The maximum Gasteiger partial charge on any atom is 0.338 e. The molecular weight excluding hydrogens is 554 g/mol. The summed E-state index contributed by atoms with van der Waals surface area (Å²) in [6.45, 7) is 1.91. The summed E-state index contributed by atoms with van der Waals surface area (Å²) in [4.78, 5) is 43.2. The van der Waals surface area contributed by atoms with Crippen molar-refractivity contribution in [2.75, 3.05) is 6.61 Å². The topological polar surface area (TPSA) is 117 Å². The Balaban J connectivity index is 1.51. The Bertz CT molecular complexity index is 2010. The third-order valence-corrected chi connectivity index (χ3v) is 7.73. The molecule has 3 heterocycles. The number of thiazole rings is 1. The summed E-state index contributed by atoms with van der Waals surface area (Å²) in [5, 5.41) is 11.0. The van der Waals surface area contributed by atoms with Gasteiger partial charge in [0.2, 0.25) is 0 Å². The van der Waals surface area contributed by atoms with E-state index in [4.69, 9.17) is 14.1 Å². The smallest absolute Gasteiger partial charge is 0.338 e. The van der Waals surface area contributed by atoms with E-state index in [-0.39, 0.29) is 23.4 Å². The maximum atomic E-state index is 14.0. The zero-order chi connectivity index (χ0) is 29.2. The van der Waals surface area contributed by atoms with Gasteiger partial charge in [-0.2, -0.15) is 0 Å². The lowest BCUT2D eigenvalue weighted by atomic mass is 9.93. The molecule has 42 heavy (non-hydrogen) atoms. The molecule has 6 rings (SSSR count). The molecule has 0 N–H and O–H groups in total. The number of rotatable bonds is 7. The van der Waals surface area contributed by atoms with Crippen molar-refractivity contribution < 1.29 is 18.9 Å². The molecule has 0 bridgehead atoms. The molecule has 5 aromatic rings. The summed E-state index contributed by atoms with van der Waals surface area (Å²) < 4.78 is 13.4. The standard InChI is InChI=1S/C32H23N3O6S/c1-2-40-31(37)27-28(21-9-5-3-6-10-21)33-32-34(29(27)22-11-7-4-8-12-22)30(36)26(42-32)19-24-17-18-25(41-24)20-13-15-23(16-14-20)35(38)39/h3-19,29H,2H2,1H3/b26-19-/t29-/m0/s1. The van der Waals surface area contributed by atoms with Gasteiger partial charge in [-0.05, 0) is 36.8 Å². The predicted molar refractivity (Wildman–Crippen MR) is 158 cm³/mol. The van der Waals surface area contributed by atoms with E-state index in [9.17, 15) is 19.7 Å². The minimum Gasteiger partial charge on any atom is -0.463 e. The number of nitro benzene ring substituents is 1. The lowest BCUT2D eigenvalue weighted by molar-refractivity contribution is -0.384. The number of fused-ring (bicyclic) bond motifs is 1. The van der Waals surface area contributed by atoms with Gasteiger partial charge in [-0.15, -0.1) is 0 Å². The molecule has 0 unspecified atom stereocenters. The first-order chi connectivity index (χ1) is 20.4. The number of carbonyl (C=O) groups is 1. The van der Waals surface area contributed by atoms with Crippen molar-refractivity contribution in [2.45, 2.75) is 13.0 Å². The molecule has 9 nitrogen and oxygen atoms in total. The van der Waals surface area contributed by atoms with E-state index < -0.39 is 16.9 Å². The van der Waals surface area contributed by atoms with Gasteiger partial charge in [0.25, 0.3) is 11.2 Å². The van der Waals surface area contributed by atoms with E-state index in [0.29, 0.717) is 32.1 Å². The lowest BCUT2D eigenvalue weighted by Crippen LogP contribution is -2.39. The Hall–Kier alpha value is -5.35. The summed E-state index contributed by atoms with van der Waals surface area (Å²) >= 11 is 1.20. The molecule has 10 heteroatoms. The van der Waals surface area contributed by atoms with Crippen molar-refractivity contribution in [1.29, 1.82) is 0 Å². The van der Waals surface area contributed by atoms with Gasteiger partial charge in [0.1, 0.15) is 11.5 Å². The first kappa shape index (κ1) is 26.9. The normalized spacial score (nSPS) is 14.8. The van der Waals surface area contributed by atoms with Crippen LogP contribution >= 0.6 is 11.3 Å². The molecule has 3 aromatic carbocycles. The number of hydrogen-bond acceptors (Lipinski definition) is 8. The number of benzene rings is 3. The Labute approximate surface area is 243 Å². The van der Waals surface area contributed by atoms with Gasteiger partial charge >= 0.3 is 5.97 Å². The molecule has 1 atom stereocenters. The molecular formula is C32H23N3O6S. The van der Waals surface area contributed by atoms with Crippen molar-refractivity contribution in [3.05, 3.63) is 149 Å². The van der Waals surface area contributed by atoms with E-state index in [0.717, 1.165) is 11.1 Å². The molecule has 2 aromatic heterocycles. The fraction of sp³-hybridized carbons (Fsp3) is 0.0938. The Morgan fingerprint density at radius 2 is 1.69 bits per heavy atom. The SMILES string of the molecule is CCOC(=O)C1=C(c2ccccc2)N=c2s/c(=C\c3ccc(-c4ccc([N+](=O)[O-])cc4)o3)c(=O)n2[C@H]1c1ccccc1. The van der Waals surface area contributed by atoms with Crippen LogP contribution in [0.5, 0.6) is 0 Å². The molecule has 0 spiro atoms. The average Bonchev–Trinajstić information content (AvgIpc) is 3.61. The van der Waals surface area contributed by atoms with E-state index in [1.807, 2.05) is 60.7 Å². The highest BCUT2D eigenvalue weighted by Gasteiger charge is 2.35. The number of hydrogen-bond donors (Lipinski definition) is 0. The van der Waals surface area contributed by atoms with Crippen molar-refractivity contribution in [3.8, 4) is 11.3 Å². The Morgan fingerprint density at radius 1 is 1.00 bits per heavy atom. The van der Waals surface area contributed by atoms with Crippen LogP contribution in [0.4, 0.5) is 5.69 Å². The van der Waals surface area contributed by atoms with Gasteiger partial charge in [-0.3, -0.25) is 19.5 Å². The summed E-state index contributed by atoms with van der Waals surface area (Å²) in [6, 6.07) is 27.4. The molecule has 208 valence electrons. The van der Waals surface area contributed by atoms with Gasteiger partial charge < -0.3 is 9.15 Å². The van der Waals surface area contributed by atoms with E-state index in [1.54, 1.807) is 37.3 Å². The second kappa shape index (κ2) is 11.3. The maximum absolute atomic E-state index is 14.0. The molecule has 0 fully saturated rings. The minimum absolute atomic E-state index is 0.0170. The predicted octanol–water partition coefficient (Wildman–Crippen LogP) is 5.10. The van der Waals surface area contributed by atoms with Crippen molar-refractivity contribution in [3.63, 3.8) is 0 Å². The zero-order valence-electron chi connectivity index (χ0n) is 22.3. The van der Waals surface area contributed by atoms with Crippen molar-refractivity contribution in [2.24, 2.45) is 4.99 Å². The van der Waals surface area contributed by atoms with Crippen LogP contribution in [0.15, 0.2) is 117 Å². The number of carbonyl (C=O) groups excluding carboxylic acids is 1. The largest absolute Gasteiger partial charge is 0.463 e. The summed E-state index contributed by atoms with van der Waals surface area (Å²) in [5.74, 6) is 0.391. The molecule has 0 saturated carbocycles. The highest BCUT2D eigenvalue weighted by Crippen LogP contribution is 2.35. The van der Waals surface area contributed by atoms with Crippen LogP contribution in [0.25, 0.3) is 23.1 Å². The van der Waals surface area contributed by atoms with Crippen LogP contribution in [-0.2, 0) is 9.53 Å². The van der Waals surface area contributed by atoms with E-state index in [2.05, 4.69) is 0 Å². The minimum atomic E-state index is -0.758. The lowest BCUT2D eigenvalue weighted by Gasteiger charge is -2.25. The van der Waals surface area contributed by atoms with Crippen LogP contribution in [0.1, 0.15) is 29.9 Å². The van der Waals surface area contributed by atoms with Gasteiger partial charge in [0, 0.05) is 29.3 Å². The molecule has 0 radical (unpaired) electrons. The highest BCUT2D eigenvalue weighted by molar-refractivity contribution is 7.07. The third-order valence-electron chi connectivity index (χ3n) is 6.75. The second-order valence-electron chi connectivity index (χ2n) is 9.35. The molecule has 0 aliphatic carbocycles. The summed E-state index contributed by atoms with van der Waals surface area (Å²) in [6.07, 6.45) is 1.64. The second-order valence-corrected chi connectivity index (χ2v) is 10.4. The van der Waals surface area contributed by atoms with Gasteiger partial charge in [-0.1, -0.05) is 72.0 Å². The fourth-order valence-electron chi connectivity index (χ4n) is 4.85. The molecule has 1 aliphatic heterocycles. The third kappa shape index (κ3) is 4.99. The van der Waals surface area contributed by atoms with Gasteiger partial charge in [-0.25, -0.2) is 9.79 Å². The van der Waals surface area contributed by atoms with Crippen LogP contribution in [0.2, 0.25) is 0 Å². The Morgan fingerprint density at radius 3 is 2.36 bits per heavy atom. The van der Waals surface area contributed by atoms with E-state index >= 15 is 0 Å². The average molecular weight is 578 g/mol. The molecule has 0 saturated heterocycles. The van der Waals surface area contributed by atoms with Crippen molar-refractivity contribution in [1.82, 2.24) is 4.57 Å². The number of nitrogens with zero attached hydrogens (tertiary/aromatic N) is 3. The van der Waals surface area contributed by atoms with Crippen LogP contribution in [0, 0.1) is 10.1 Å². The Kier molecular flexibility index (Phi) is 7.20. The summed E-state index contributed by atoms with van der Waals surface area (Å²) in [7, 11) is 0. The number of esters is 1. The quantitative estimate of drug-likeness (QED) is 0.151. The van der Waals surface area contributed by atoms with Gasteiger partial charge in [0.15, 0.2) is 4.80 Å². The molecule has 0 amide bonds. The summed E-state index contributed by atoms with van der Waals surface area (Å²) in [5.41, 5.74) is 2.54. The van der Waals surface area contributed by atoms with Crippen LogP contribution < -0.4 is 14.9 Å². The number of furan rings is 1. The zero-order valence-corrected chi connectivity index (χ0v) is 23.1. The number of aromatic nitrogens is 1. The number of ether oxygens (including phenoxy) is 1. The van der Waals surface area contributed by atoms with E-state index in [1.165, 1.54) is 28.0 Å². The first-order valence-corrected chi connectivity index (χ1v) is 13.9. The first-order valence-electron chi connectivity index (χ1n) is 13.1. The monoisotopic (exact) mass is 577 g/mol.